The van der Waals surface area contributed by atoms with E-state index in [1.165, 1.54) is 65.1 Å². The van der Waals surface area contributed by atoms with Crippen molar-refractivity contribution in [3.05, 3.63) is 36.4 Å². The monoisotopic (exact) mass is 499 g/mol. The van der Waals surface area contributed by atoms with Gasteiger partial charge in [-0.2, -0.15) is 0 Å². The number of anilines is 2. The summed E-state index contributed by atoms with van der Waals surface area (Å²) in [5.41, 5.74) is 3.80. The van der Waals surface area contributed by atoms with E-state index in [2.05, 4.69) is 44.5 Å². The zero-order valence-electron chi connectivity index (χ0n) is 22.5. The summed E-state index contributed by atoms with van der Waals surface area (Å²) < 4.78 is 0. The first kappa shape index (κ1) is 23.6. The van der Waals surface area contributed by atoms with E-state index in [-0.39, 0.29) is 5.91 Å². The number of piperidine rings is 1. The van der Waals surface area contributed by atoms with Crippen LogP contribution >= 0.6 is 0 Å². The third-order valence-electron chi connectivity index (χ3n) is 10.7. The van der Waals surface area contributed by atoms with Crippen LogP contribution in [0.5, 0.6) is 0 Å². The molecule has 5 saturated carbocycles. The van der Waals surface area contributed by atoms with Crippen molar-refractivity contribution < 1.29 is 4.79 Å². The van der Waals surface area contributed by atoms with Crippen molar-refractivity contribution in [2.75, 3.05) is 36.9 Å². The second-order valence-corrected chi connectivity index (χ2v) is 13.4. The van der Waals surface area contributed by atoms with E-state index in [4.69, 9.17) is 0 Å². The Hall–Kier alpha value is -2.47. The molecule has 6 heteroatoms. The van der Waals surface area contributed by atoms with Crippen LogP contribution in [0.25, 0.3) is 11.3 Å². The molecule has 37 heavy (non-hydrogen) atoms. The Labute approximate surface area is 221 Å². The summed E-state index contributed by atoms with van der Waals surface area (Å²) in [4.78, 5) is 16.5. The fourth-order valence-corrected chi connectivity index (χ4v) is 9.28. The molecule has 0 radical (unpaired) electrons. The van der Waals surface area contributed by atoms with Gasteiger partial charge in [-0.05, 0) is 124 Å². The highest BCUT2D eigenvalue weighted by molar-refractivity contribution is 5.88. The average Bonchev–Trinajstić information content (AvgIpc) is 3.58. The highest BCUT2D eigenvalue weighted by Crippen LogP contribution is 2.61. The largest absolute Gasteiger partial charge is 0.355 e. The number of likely N-dealkylation sites (tertiary alicyclic amines) is 1. The van der Waals surface area contributed by atoms with Gasteiger partial charge in [0.05, 0.1) is 5.69 Å². The van der Waals surface area contributed by atoms with Crippen LogP contribution in [0, 0.1) is 28.6 Å². The maximum atomic E-state index is 11.2. The Kier molecular flexibility index (Phi) is 5.62. The molecule has 1 amide bonds. The Balaban J connectivity index is 0.944. The Morgan fingerprint density at radius 1 is 0.946 bits per heavy atom. The van der Waals surface area contributed by atoms with E-state index in [0.717, 1.165) is 40.5 Å². The highest BCUT2D eigenvalue weighted by atomic mass is 16.1. The molecule has 4 bridgehead atoms. The Morgan fingerprint density at radius 2 is 1.59 bits per heavy atom. The summed E-state index contributed by atoms with van der Waals surface area (Å²) in [6, 6.07) is 12.5. The van der Waals surface area contributed by atoms with Crippen LogP contribution in [0.1, 0.15) is 64.7 Å². The fraction of sp³-hybridized carbons (Fsp3) is 0.645. The summed E-state index contributed by atoms with van der Waals surface area (Å²) in [5, 5.41) is 11.9. The van der Waals surface area contributed by atoms with Gasteiger partial charge in [-0.1, -0.05) is 12.1 Å². The molecule has 2 heterocycles. The molecule has 1 spiro atoms. The SMILES string of the molecule is CC(=O)Nc1ccc(-c2ccc(N(C)[C@@H]3CC34CCN(CC35CC6CC(CC(C6)C3)C5)CC4)nn2)cc1. The number of amides is 1. The minimum Gasteiger partial charge on any atom is -0.355 e. The van der Waals surface area contributed by atoms with Crippen molar-refractivity contribution in [1.82, 2.24) is 15.1 Å². The molecule has 1 aromatic carbocycles. The third kappa shape index (κ3) is 4.45. The van der Waals surface area contributed by atoms with Gasteiger partial charge in [0.25, 0.3) is 0 Å². The number of rotatable bonds is 6. The summed E-state index contributed by atoms with van der Waals surface area (Å²) in [6.07, 6.45) is 13.2. The zero-order valence-corrected chi connectivity index (χ0v) is 22.5. The smallest absolute Gasteiger partial charge is 0.221 e. The highest BCUT2D eigenvalue weighted by Gasteiger charge is 2.58. The molecule has 2 aromatic rings. The molecule has 5 aliphatic carbocycles. The van der Waals surface area contributed by atoms with Crippen LogP contribution in [-0.4, -0.2) is 53.7 Å². The van der Waals surface area contributed by atoms with Gasteiger partial charge in [0, 0.05) is 37.8 Å². The molecule has 6 fully saturated rings. The Morgan fingerprint density at radius 3 is 2.16 bits per heavy atom. The molecule has 6 aliphatic rings. The van der Waals surface area contributed by atoms with Crippen LogP contribution < -0.4 is 10.2 Å². The van der Waals surface area contributed by atoms with E-state index in [1.807, 2.05) is 24.3 Å². The zero-order chi connectivity index (χ0) is 25.2. The fourth-order valence-electron chi connectivity index (χ4n) is 9.28. The van der Waals surface area contributed by atoms with E-state index >= 15 is 0 Å². The number of aromatic nitrogens is 2. The minimum atomic E-state index is -0.0638. The molecule has 8 rings (SSSR count). The Bertz CT molecular complexity index is 1120. The van der Waals surface area contributed by atoms with Crippen LogP contribution in [0.3, 0.4) is 0 Å². The second-order valence-electron chi connectivity index (χ2n) is 13.4. The van der Waals surface area contributed by atoms with Crippen molar-refractivity contribution in [3.8, 4) is 11.3 Å². The lowest BCUT2D eigenvalue weighted by Crippen LogP contribution is -2.52. The lowest BCUT2D eigenvalue weighted by atomic mass is 9.49. The first-order valence-electron chi connectivity index (χ1n) is 14.6. The summed E-state index contributed by atoms with van der Waals surface area (Å²) in [6.45, 7) is 5.47. The third-order valence-corrected chi connectivity index (χ3v) is 10.7. The molecule has 0 unspecified atom stereocenters. The molecule has 1 aromatic heterocycles. The van der Waals surface area contributed by atoms with Crippen molar-refractivity contribution in [2.45, 2.75) is 70.8 Å². The topological polar surface area (TPSA) is 61.4 Å². The standard InChI is InChI=1S/C31H41N5O/c1-21(37)32-26-5-3-25(4-6-26)27-7-8-29(34-33-27)35(2)28-19-31(28)9-11-36(12-10-31)20-30-16-22-13-23(17-30)15-24(14-22)18-30/h3-8,22-24,28H,9-20H2,1-2H3,(H,32,37)/t22?,23?,24?,28-,30?/m1/s1. The molecule has 6 nitrogen and oxygen atoms in total. The number of carbonyl (C=O) groups is 1. The molecule has 196 valence electrons. The maximum absolute atomic E-state index is 11.2. The number of benzene rings is 1. The van der Waals surface area contributed by atoms with Gasteiger partial charge in [0.2, 0.25) is 5.91 Å². The van der Waals surface area contributed by atoms with Gasteiger partial charge in [0.15, 0.2) is 5.82 Å². The van der Waals surface area contributed by atoms with Crippen LogP contribution in [-0.2, 0) is 4.79 Å². The van der Waals surface area contributed by atoms with Crippen molar-refractivity contribution in [3.63, 3.8) is 0 Å². The van der Waals surface area contributed by atoms with Gasteiger partial charge in [-0.3, -0.25) is 4.79 Å². The number of carbonyl (C=O) groups excluding carboxylic acids is 1. The molecular formula is C31H41N5O. The lowest BCUT2D eigenvalue weighted by molar-refractivity contribution is -0.114. The predicted octanol–water partition coefficient (Wildman–Crippen LogP) is 5.61. The van der Waals surface area contributed by atoms with Gasteiger partial charge >= 0.3 is 0 Å². The summed E-state index contributed by atoms with van der Waals surface area (Å²) >= 11 is 0. The van der Waals surface area contributed by atoms with Crippen LogP contribution in [0.4, 0.5) is 11.5 Å². The van der Waals surface area contributed by atoms with Crippen LogP contribution in [0.15, 0.2) is 36.4 Å². The van der Waals surface area contributed by atoms with Gasteiger partial charge < -0.3 is 15.1 Å². The minimum absolute atomic E-state index is 0.0638. The van der Waals surface area contributed by atoms with Crippen molar-refractivity contribution in [2.24, 2.45) is 28.6 Å². The quantitative estimate of drug-likeness (QED) is 0.560. The van der Waals surface area contributed by atoms with Crippen molar-refractivity contribution in [1.29, 1.82) is 0 Å². The summed E-state index contributed by atoms with van der Waals surface area (Å²) in [7, 11) is 2.20. The first-order chi connectivity index (χ1) is 17.9. The van der Waals surface area contributed by atoms with Gasteiger partial charge in [-0.25, -0.2) is 0 Å². The van der Waals surface area contributed by atoms with E-state index in [1.54, 1.807) is 19.3 Å². The van der Waals surface area contributed by atoms with Gasteiger partial charge in [0.1, 0.15) is 0 Å². The van der Waals surface area contributed by atoms with E-state index < -0.39 is 0 Å². The average molecular weight is 500 g/mol. The number of hydrogen-bond acceptors (Lipinski definition) is 5. The second kappa shape index (κ2) is 8.79. The van der Waals surface area contributed by atoms with E-state index in [9.17, 15) is 4.79 Å². The summed E-state index contributed by atoms with van der Waals surface area (Å²) in [5.74, 6) is 4.07. The molecule has 1 saturated heterocycles. The lowest BCUT2D eigenvalue weighted by Gasteiger charge is -2.58. The molecule has 1 aliphatic heterocycles. The van der Waals surface area contributed by atoms with Gasteiger partial charge in [-0.15, -0.1) is 10.2 Å². The van der Waals surface area contributed by atoms with Crippen molar-refractivity contribution >= 4 is 17.4 Å². The number of nitrogens with one attached hydrogen (secondary N) is 1. The van der Waals surface area contributed by atoms with E-state index in [0.29, 0.717) is 16.9 Å². The number of hydrogen-bond donors (Lipinski definition) is 1. The normalized spacial score (nSPS) is 33.5. The predicted molar refractivity (Wildman–Crippen MR) is 147 cm³/mol. The first-order valence-corrected chi connectivity index (χ1v) is 14.6. The van der Waals surface area contributed by atoms with Crippen LogP contribution in [0.2, 0.25) is 0 Å². The molecule has 1 N–H and O–H groups in total. The number of nitrogens with zero attached hydrogens (tertiary/aromatic N) is 4. The maximum Gasteiger partial charge on any atom is 0.221 e. The molecular weight excluding hydrogens is 458 g/mol. The molecule has 1 atom stereocenters.